The van der Waals surface area contributed by atoms with Gasteiger partial charge in [-0.15, -0.1) is 0 Å². The summed E-state index contributed by atoms with van der Waals surface area (Å²) < 4.78 is 0. The van der Waals surface area contributed by atoms with E-state index in [0.29, 0.717) is 6.04 Å². The summed E-state index contributed by atoms with van der Waals surface area (Å²) >= 11 is 0. The SMILES string of the molecule is CN1C2CCC1CN(c1ccccc1C(=N)N)CC2. The number of benzene rings is 1. The molecule has 1 aromatic carbocycles. The Hall–Kier alpha value is -1.55. The van der Waals surface area contributed by atoms with Crippen molar-refractivity contribution in [3.05, 3.63) is 29.8 Å². The normalized spacial score (nSPS) is 27.3. The number of fused-ring (bicyclic) bond motifs is 2. The van der Waals surface area contributed by atoms with Crippen LogP contribution in [0.3, 0.4) is 0 Å². The Morgan fingerprint density at radius 1 is 1.21 bits per heavy atom. The molecular weight excluding hydrogens is 236 g/mol. The number of anilines is 1. The third-order valence-electron chi connectivity index (χ3n) is 4.68. The molecule has 19 heavy (non-hydrogen) atoms. The number of hydrogen-bond donors (Lipinski definition) is 2. The van der Waals surface area contributed by atoms with Crippen LogP contribution in [-0.4, -0.2) is 43.0 Å². The molecule has 2 atom stereocenters. The van der Waals surface area contributed by atoms with Crippen LogP contribution in [0.5, 0.6) is 0 Å². The van der Waals surface area contributed by atoms with E-state index in [1.807, 2.05) is 18.2 Å². The topological polar surface area (TPSA) is 56.4 Å². The molecule has 2 bridgehead atoms. The molecule has 4 heteroatoms. The molecule has 3 N–H and O–H groups in total. The monoisotopic (exact) mass is 258 g/mol. The van der Waals surface area contributed by atoms with Crippen LogP contribution in [0.25, 0.3) is 0 Å². The maximum Gasteiger partial charge on any atom is 0.124 e. The lowest BCUT2D eigenvalue weighted by Crippen LogP contribution is -2.37. The van der Waals surface area contributed by atoms with Gasteiger partial charge in [-0.3, -0.25) is 10.3 Å². The lowest BCUT2D eigenvalue weighted by molar-refractivity contribution is 0.254. The average molecular weight is 258 g/mol. The van der Waals surface area contributed by atoms with Crippen molar-refractivity contribution in [2.75, 3.05) is 25.0 Å². The highest BCUT2D eigenvalue weighted by atomic mass is 15.3. The van der Waals surface area contributed by atoms with Gasteiger partial charge in [-0.25, -0.2) is 0 Å². The first-order valence-corrected chi connectivity index (χ1v) is 7.07. The molecule has 4 nitrogen and oxygen atoms in total. The predicted octanol–water partition coefficient (Wildman–Crippen LogP) is 1.64. The molecule has 0 radical (unpaired) electrons. The first-order chi connectivity index (χ1) is 9.16. The zero-order valence-electron chi connectivity index (χ0n) is 11.5. The molecule has 0 saturated carbocycles. The Morgan fingerprint density at radius 2 is 1.95 bits per heavy atom. The van der Waals surface area contributed by atoms with E-state index in [-0.39, 0.29) is 5.84 Å². The summed E-state index contributed by atoms with van der Waals surface area (Å²) in [6.45, 7) is 2.12. The zero-order valence-corrected chi connectivity index (χ0v) is 11.5. The molecule has 0 aromatic heterocycles. The van der Waals surface area contributed by atoms with Crippen molar-refractivity contribution in [3.63, 3.8) is 0 Å². The van der Waals surface area contributed by atoms with Crippen LogP contribution in [-0.2, 0) is 0 Å². The first kappa shape index (κ1) is 12.5. The van der Waals surface area contributed by atoms with E-state index in [0.717, 1.165) is 30.4 Å². The molecule has 2 saturated heterocycles. The standard InChI is InChI=1S/C15H22N4/c1-18-11-6-7-12(18)10-19(9-8-11)14-5-3-2-4-13(14)15(16)17/h2-5,11-12H,6-10H2,1H3,(H3,16,17). The molecule has 0 aliphatic carbocycles. The highest BCUT2D eigenvalue weighted by molar-refractivity contribution is 6.00. The minimum atomic E-state index is 0.165. The van der Waals surface area contributed by atoms with Gasteiger partial charge in [0.05, 0.1) is 0 Å². The summed E-state index contributed by atoms with van der Waals surface area (Å²) in [7, 11) is 2.25. The van der Waals surface area contributed by atoms with Crippen molar-refractivity contribution in [1.29, 1.82) is 5.41 Å². The number of hydrogen-bond acceptors (Lipinski definition) is 3. The number of para-hydroxylation sites is 1. The zero-order chi connectivity index (χ0) is 13.4. The van der Waals surface area contributed by atoms with E-state index >= 15 is 0 Å². The molecule has 2 fully saturated rings. The summed E-state index contributed by atoms with van der Waals surface area (Å²) in [5.74, 6) is 0.165. The van der Waals surface area contributed by atoms with Crippen molar-refractivity contribution in [1.82, 2.24) is 4.90 Å². The maximum atomic E-state index is 7.73. The molecule has 2 unspecified atom stereocenters. The quantitative estimate of drug-likeness (QED) is 0.626. The van der Waals surface area contributed by atoms with Gasteiger partial charge >= 0.3 is 0 Å². The smallest absolute Gasteiger partial charge is 0.124 e. The van der Waals surface area contributed by atoms with E-state index in [4.69, 9.17) is 11.1 Å². The van der Waals surface area contributed by atoms with Crippen LogP contribution < -0.4 is 10.6 Å². The number of nitrogens with one attached hydrogen (secondary N) is 1. The van der Waals surface area contributed by atoms with Crippen LogP contribution in [0.1, 0.15) is 24.8 Å². The number of rotatable bonds is 2. The molecule has 2 heterocycles. The second-order valence-electron chi connectivity index (χ2n) is 5.72. The van der Waals surface area contributed by atoms with Gasteiger partial charge in [0.25, 0.3) is 0 Å². The average Bonchev–Trinajstić information content (AvgIpc) is 2.63. The molecule has 102 valence electrons. The van der Waals surface area contributed by atoms with E-state index in [2.05, 4.69) is 22.9 Å². The highest BCUT2D eigenvalue weighted by Gasteiger charge is 2.35. The van der Waals surface area contributed by atoms with Crippen molar-refractivity contribution in [3.8, 4) is 0 Å². The number of nitrogen functional groups attached to an aromatic ring is 1. The van der Waals surface area contributed by atoms with Crippen molar-refractivity contribution >= 4 is 11.5 Å². The van der Waals surface area contributed by atoms with Gasteiger partial charge in [0, 0.05) is 36.4 Å². The Kier molecular flexibility index (Phi) is 3.19. The van der Waals surface area contributed by atoms with Crippen LogP contribution >= 0.6 is 0 Å². The van der Waals surface area contributed by atoms with Crippen LogP contribution in [0, 0.1) is 5.41 Å². The Balaban J connectivity index is 1.89. The van der Waals surface area contributed by atoms with Gasteiger partial charge in [-0.05, 0) is 38.4 Å². The lowest BCUT2D eigenvalue weighted by atomic mass is 10.1. The third kappa shape index (κ3) is 2.21. The summed E-state index contributed by atoms with van der Waals surface area (Å²) in [5.41, 5.74) is 7.69. The van der Waals surface area contributed by atoms with Crippen LogP contribution in [0.4, 0.5) is 5.69 Å². The predicted molar refractivity (Wildman–Crippen MR) is 78.9 cm³/mol. The largest absolute Gasteiger partial charge is 0.384 e. The van der Waals surface area contributed by atoms with Gasteiger partial charge in [-0.2, -0.15) is 0 Å². The fourth-order valence-electron chi connectivity index (χ4n) is 3.50. The minimum absolute atomic E-state index is 0.165. The van der Waals surface area contributed by atoms with E-state index < -0.39 is 0 Å². The van der Waals surface area contributed by atoms with Gasteiger partial charge < -0.3 is 10.6 Å². The number of nitrogens with two attached hydrogens (primary N) is 1. The van der Waals surface area contributed by atoms with E-state index in [9.17, 15) is 0 Å². The molecule has 0 spiro atoms. The Morgan fingerprint density at radius 3 is 2.74 bits per heavy atom. The van der Waals surface area contributed by atoms with Crippen LogP contribution in [0.2, 0.25) is 0 Å². The fourth-order valence-corrected chi connectivity index (χ4v) is 3.50. The Bertz CT molecular complexity index is 485. The van der Waals surface area contributed by atoms with Crippen molar-refractivity contribution in [2.45, 2.75) is 31.3 Å². The van der Waals surface area contributed by atoms with Gasteiger partial charge in [-0.1, -0.05) is 12.1 Å². The third-order valence-corrected chi connectivity index (χ3v) is 4.68. The maximum absolute atomic E-state index is 7.73. The lowest BCUT2D eigenvalue weighted by Gasteiger charge is -2.29. The summed E-state index contributed by atoms with van der Waals surface area (Å²) in [6.07, 6.45) is 3.84. The fraction of sp³-hybridized carbons (Fsp3) is 0.533. The van der Waals surface area contributed by atoms with Crippen molar-refractivity contribution in [2.24, 2.45) is 5.73 Å². The van der Waals surface area contributed by atoms with E-state index in [1.165, 1.54) is 19.3 Å². The Labute approximate surface area is 114 Å². The number of nitrogens with zero attached hydrogens (tertiary/aromatic N) is 2. The molecule has 1 aromatic rings. The van der Waals surface area contributed by atoms with E-state index in [1.54, 1.807) is 0 Å². The summed E-state index contributed by atoms with van der Waals surface area (Å²) in [6, 6.07) is 9.41. The number of amidine groups is 1. The molecule has 2 aliphatic heterocycles. The van der Waals surface area contributed by atoms with Gasteiger partial charge in [0.15, 0.2) is 0 Å². The molecule has 3 rings (SSSR count). The van der Waals surface area contributed by atoms with Crippen LogP contribution in [0.15, 0.2) is 24.3 Å². The molecule has 0 amide bonds. The highest BCUT2D eigenvalue weighted by Crippen LogP contribution is 2.31. The molecule has 2 aliphatic rings. The van der Waals surface area contributed by atoms with Gasteiger partial charge in [0.2, 0.25) is 0 Å². The van der Waals surface area contributed by atoms with Crippen molar-refractivity contribution < 1.29 is 0 Å². The number of likely N-dealkylation sites (N-methyl/N-ethyl adjacent to an activating group) is 1. The second kappa shape index (κ2) is 4.85. The first-order valence-electron chi connectivity index (χ1n) is 7.07. The summed E-state index contributed by atoms with van der Waals surface area (Å²) in [5, 5.41) is 7.73. The summed E-state index contributed by atoms with van der Waals surface area (Å²) in [4.78, 5) is 4.95. The molecular formula is C15H22N4. The second-order valence-corrected chi connectivity index (χ2v) is 5.72. The minimum Gasteiger partial charge on any atom is -0.384 e. The van der Waals surface area contributed by atoms with Gasteiger partial charge in [0.1, 0.15) is 5.84 Å².